The summed E-state index contributed by atoms with van der Waals surface area (Å²) in [6, 6.07) is 15.3. The highest BCUT2D eigenvalue weighted by Crippen LogP contribution is 2.32. The van der Waals surface area contributed by atoms with Gasteiger partial charge >= 0.3 is 0 Å². The summed E-state index contributed by atoms with van der Waals surface area (Å²) in [6.07, 6.45) is 2.55. The third-order valence-electron chi connectivity index (χ3n) is 4.43. The van der Waals surface area contributed by atoms with E-state index in [1.165, 1.54) is 10.6 Å². The summed E-state index contributed by atoms with van der Waals surface area (Å²) in [5.74, 6) is -0.190. The maximum atomic E-state index is 12.4. The van der Waals surface area contributed by atoms with Gasteiger partial charge in [0, 0.05) is 18.2 Å². The van der Waals surface area contributed by atoms with Gasteiger partial charge in [0.25, 0.3) is 0 Å². The van der Waals surface area contributed by atoms with E-state index in [1.54, 1.807) is 12.1 Å². The predicted octanol–water partition coefficient (Wildman–Crippen LogP) is 2.83. The molecular formula is C19H22N2O3S. The Balaban J connectivity index is 1.69. The van der Waals surface area contributed by atoms with Crippen molar-refractivity contribution in [2.45, 2.75) is 19.8 Å². The van der Waals surface area contributed by atoms with Crippen LogP contribution in [0.4, 0.5) is 11.4 Å². The number of carbonyl (C=O) groups is 1. The Morgan fingerprint density at radius 3 is 2.60 bits per heavy atom. The second-order valence-corrected chi connectivity index (χ2v) is 8.42. The van der Waals surface area contributed by atoms with Crippen LogP contribution in [0.25, 0.3) is 0 Å². The molecule has 5 nitrogen and oxygen atoms in total. The second kappa shape index (κ2) is 6.88. The molecule has 0 saturated carbocycles. The fraction of sp³-hybridized carbons (Fsp3) is 0.316. The quantitative estimate of drug-likeness (QED) is 0.894. The molecule has 0 spiro atoms. The van der Waals surface area contributed by atoms with E-state index in [2.05, 4.69) is 5.32 Å². The van der Waals surface area contributed by atoms with E-state index in [1.807, 2.05) is 43.3 Å². The van der Waals surface area contributed by atoms with E-state index in [9.17, 15) is 13.2 Å². The van der Waals surface area contributed by atoms with E-state index in [4.69, 9.17) is 0 Å². The van der Waals surface area contributed by atoms with Crippen LogP contribution in [0, 0.1) is 5.92 Å². The van der Waals surface area contributed by atoms with Gasteiger partial charge in [-0.2, -0.15) is 0 Å². The van der Waals surface area contributed by atoms with Gasteiger partial charge in [0.05, 0.1) is 11.9 Å². The van der Waals surface area contributed by atoms with Gasteiger partial charge in [-0.1, -0.05) is 37.3 Å². The largest absolute Gasteiger partial charge is 0.326 e. The average molecular weight is 358 g/mol. The number of rotatable bonds is 5. The molecule has 1 heterocycles. The fourth-order valence-corrected chi connectivity index (χ4v) is 4.08. The number of nitrogens with one attached hydrogen (secondary N) is 1. The molecule has 0 radical (unpaired) electrons. The summed E-state index contributed by atoms with van der Waals surface area (Å²) in [5, 5.41) is 2.94. The van der Waals surface area contributed by atoms with Gasteiger partial charge in [-0.3, -0.25) is 9.10 Å². The smallest absolute Gasteiger partial charge is 0.232 e. The van der Waals surface area contributed by atoms with Crippen LogP contribution in [0.1, 0.15) is 18.1 Å². The fourth-order valence-electron chi connectivity index (χ4n) is 3.12. The van der Waals surface area contributed by atoms with Crippen molar-refractivity contribution in [1.82, 2.24) is 0 Å². The van der Waals surface area contributed by atoms with Crippen molar-refractivity contribution < 1.29 is 13.2 Å². The van der Waals surface area contributed by atoms with Gasteiger partial charge in [-0.15, -0.1) is 0 Å². The van der Waals surface area contributed by atoms with E-state index in [0.717, 1.165) is 11.1 Å². The minimum absolute atomic E-state index is 0.0400. The molecule has 1 unspecified atom stereocenters. The van der Waals surface area contributed by atoms with Crippen molar-refractivity contribution in [3.05, 3.63) is 59.7 Å². The number of fused-ring (bicyclic) bond motifs is 1. The maximum absolute atomic E-state index is 12.4. The van der Waals surface area contributed by atoms with Crippen LogP contribution in [-0.2, 0) is 27.7 Å². The third kappa shape index (κ3) is 4.02. The molecule has 1 aliphatic heterocycles. The Morgan fingerprint density at radius 1 is 1.20 bits per heavy atom. The van der Waals surface area contributed by atoms with Crippen molar-refractivity contribution in [2.75, 3.05) is 22.4 Å². The minimum Gasteiger partial charge on any atom is -0.326 e. The monoisotopic (exact) mass is 358 g/mol. The van der Waals surface area contributed by atoms with Crippen molar-refractivity contribution in [1.29, 1.82) is 0 Å². The Morgan fingerprint density at radius 2 is 1.92 bits per heavy atom. The summed E-state index contributed by atoms with van der Waals surface area (Å²) in [7, 11) is -3.25. The molecule has 6 heteroatoms. The summed E-state index contributed by atoms with van der Waals surface area (Å²) in [4.78, 5) is 12.4. The number of hydrogen-bond donors (Lipinski definition) is 1. The molecule has 132 valence electrons. The van der Waals surface area contributed by atoms with E-state index >= 15 is 0 Å². The van der Waals surface area contributed by atoms with Crippen molar-refractivity contribution in [2.24, 2.45) is 5.92 Å². The lowest BCUT2D eigenvalue weighted by atomic mass is 10.0. The first-order valence-corrected chi connectivity index (χ1v) is 10.1. The first-order valence-electron chi connectivity index (χ1n) is 8.30. The van der Waals surface area contributed by atoms with Gasteiger partial charge in [-0.25, -0.2) is 8.42 Å². The van der Waals surface area contributed by atoms with Crippen LogP contribution in [0.2, 0.25) is 0 Å². The highest BCUT2D eigenvalue weighted by atomic mass is 32.2. The zero-order valence-electron chi connectivity index (χ0n) is 14.4. The molecule has 1 atom stereocenters. The Hall–Kier alpha value is -2.34. The zero-order chi connectivity index (χ0) is 18.0. The van der Waals surface area contributed by atoms with E-state index in [0.29, 0.717) is 30.8 Å². The van der Waals surface area contributed by atoms with Crippen LogP contribution in [0.5, 0.6) is 0 Å². The molecular weight excluding hydrogens is 336 g/mol. The molecule has 2 aromatic rings. The van der Waals surface area contributed by atoms with Crippen molar-refractivity contribution in [3.8, 4) is 0 Å². The lowest BCUT2D eigenvalue weighted by Gasteiger charge is -2.17. The van der Waals surface area contributed by atoms with Crippen molar-refractivity contribution >= 4 is 27.3 Å². The Kier molecular flexibility index (Phi) is 4.81. The normalized spacial score (nSPS) is 14.9. The molecule has 1 N–H and O–H groups in total. The molecule has 25 heavy (non-hydrogen) atoms. The van der Waals surface area contributed by atoms with Gasteiger partial charge in [0.1, 0.15) is 0 Å². The lowest BCUT2D eigenvalue weighted by molar-refractivity contribution is -0.119. The Labute approximate surface area is 148 Å². The van der Waals surface area contributed by atoms with E-state index < -0.39 is 10.0 Å². The summed E-state index contributed by atoms with van der Waals surface area (Å²) in [5.41, 5.74) is 3.48. The first-order chi connectivity index (χ1) is 11.8. The molecule has 0 aliphatic carbocycles. The zero-order valence-corrected chi connectivity index (χ0v) is 15.2. The van der Waals surface area contributed by atoms with Crippen LogP contribution in [-0.4, -0.2) is 27.1 Å². The maximum Gasteiger partial charge on any atom is 0.232 e. The molecule has 1 amide bonds. The molecule has 1 aliphatic rings. The van der Waals surface area contributed by atoms with Crippen molar-refractivity contribution in [3.63, 3.8) is 0 Å². The topological polar surface area (TPSA) is 66.5 Å². The summed E-state index contributed by atoms with van der Waals surface area (Å²) >= 11 is 0. The summed E-state index contributed by atoms with van der Waals surface area (Å²) < 4.78 is 25.0. The van der Waals surface area contributed by atoms with Gasteiger partial charge < -0.3 is 5.32 Å². The summed E-state index contributed by atoms with van der Waals surface area (Å²) in [6.45, 7) is 2.36. The van der Waals surface area contributed by atoms with Gasteiger partial charge in [0.15, 0.2) is 0 Å². The second-order valence-electron chi connectivity index (χ2n) is 6.51. The standard InChI is InChI=1S/C19H22N2O3S/c1-14(12-15-6-4-3-5-7-15)19(22)20-17-8-9-18-16(13-17)10-11-21(18)25(2,23)24/h3-9,13-14H,10-12H2,1-2H3,(H,20,22). The van der Waals surface area contributed by atoms with Crippen LogP contribution < -0.4 is 9.62 Å². The average Bonchev–Trinajstić information content (AvgIpc) is 2.99. The molecule has 0 aromatic heterocycles. The highest BCUT2D eigenvalue weighted by molar-refractivity contribution is 7.92. The van der Waals surface area contributed by atoms with E-state index in [-0.39, 0.29) is 11.8 Å². The van der Waals surface area contributed by atoms with Crippen LogP contribution in [0.3, 0.4) is 0 Å². The lowest BCUT2D eigenvalue weighted by Crippen LogP contribution is -2.27. The number of nitrogens with zero attached hydrogens (tertiary/aromatic N) is 1. The molecule has 2 aromatic carbocycles. The number of anilines is 2. The number of sulfonamides is 1. The highest BCUT2D eigenvalue weighted by Gasteiger charge is 2.26. The van der Waals surface area contributed by atoms with Gasteiger partial charge in [-0.05, 0) is 42.2 Å². The van der Waals surface area contributed by atoms with Crippen LogP contribution in [0.15, 0.2) is 48.5 Å². The first kappa shape index (κ1) is 17.5. The molecule has 0 bridgehead atoms. The van der Waals surface area contributed by atoms with Crippen LogP contribution >= 0.6 is 0 Å². The Bertz CT molecular complexity index is 879. The molecule has 3 rings (SSSR count). The predicted molar refractivity (Wildman–Crippen MR) is 100 cm³/mol. The number of hydrogen-bond acceptors (Lipinski definition) is 3. The number of carbonyl (C=O) groups excluding carboxylic acids is 1. The molecule has 0 fully saturated rings. The number of amides is 1. The van der Waals surface area contributed by atoms with Gasteiger partial charge in [0.2, 0.25) is 15.9 Å². The molecule has 0 saturated heterocycles. The third-order valence-corrected chi connectivity index (χ3v) is 5.61. The minimum atomic E-state index is -3.25. The SMILES string of the molecule is CC(Cc1ccccc1)C(=O)Nc1ccc2c(c1)CCN2S(C)(=O)=O. The number of benzene rings is 2.